The van der Waals surface area contributed by atoms with Crippen LogP contribution in [-0.2, 0) is 13.0 Å². The van der Waals surface area contributed by atoms with E-state index in [4.69, 9.17) is 0 Å². The fourth-order valence-corrected chi connectivity index (χ4v) is 11.4. The first-order chi connectivity index (χ1) is 41.9. The maximum atomic E-state index is 14.0. The standard InChI is InChI=1S/C32H48N4.C28H44F2N4.C4H7F.C4H9N.C2H8N2.C2H6.CH5N/c1-11-14-16-28-21-27(23(4)24(5)33-12-2)18-19-29(28)22-35-25(6)30-17-15-20-36(30)26(7)31(34-13-3)32(8,9)10;1-6-9-10-15-33-16-11-24(12-17-33)32-26(31-5)25-20-22(7-2)23(8-3)21-27(25,4)34-18-13-28(29,30)14-19-34;1-4(5)2-3-4;1-2-4-5-3-1;1-3-4-2;2*1-2/h11-13,18-19,21,30-31,34-35H,1,3,6-7,14-17,20,22H2,2,4-5,8-10H3;6,20-21,24,32H,1,5,7-19H2,2-4H3;2-3H2,1H3;5H,1-4H2;3-4H,1-2H3;1-2H3;2H2,1H3/b24-23+,33-12?;26-25+;;;;;. The number of nitrogens with two attached hydrogens (primary N) is 1. The second-order valence-corrected chi connectivity index (χ2v) is 24.8. The summed E-state index contributed by atoms with van der Waals surface area (Å²) in [5.41, 5.74) is 20.6. The van der Waals surface area contributed by atoms with Crippen LogP contribution in [0.4, 0.5) is 13.2 Å². The molecule has 1 aromatic carbocycles. The van der Waals surface area contributed by atoms with Gasteiger partial charge < -0.3 is 36.8 Å². The van der Waals surface area contributed by atoms with Gasteiger partial charge in [-0.1, -0.05) is 105 Å². The van der Waals surface area contributed by atoms with Crippen LogP contribution in [0.25, 0.3) is 5.57 Å². The van der Waals surface area contributed by atoms with Crippen molar-refractivity contribution >= 4 is 18.5 Å². The fraction of sp³-hybridized carbons (Fsp3) is 0.644. The summed E-state index contributed by atoms with van der Waals surface area (Å²) in [7, 11) is 5.14. The lowest BCUT2D eigenvalue weighted by molar-refractivity contribution is -0.0660. The van der Waals surface area contributed by atoms with Gasteiger partial charge in [0.15, 0.2) is 0 Å². The zero-order chi connectivity index (χ0) is 66.5. The van der Waals surface area contributed by atoms with Crippen molar-refractivity contribution in [1.82, 2.24) is 46.8 Å². The Bertz CT molecular complexity index is 2370. The summed E-state index contributed by atoms with van der Waals surface area (Å²) in [6, 6.07) is 7.47. The van der Waals surface area contributed by atoms with Crippen molar-refractivity contribution in [2.45, 2.75) is 228 Å². The number of rotatable bonds is 24. The van der Waals surface area contributed by atoms with E-state index in [2.05, 4.69) is 188 Å². The van der Waals surface area contributed by atoms with Crippen LogP contribution < -0.4 is 37.9 Å². The first-order valence-corrected chi connectivity index (χ1v) is 33.2. The molecule has 88 heavy (non-hydrogen) atoms. The Morgan fingerprint density at radius 1 is 0.841 bits per heavy atom. The summed E-state index contributed by atoms with van der Waals surface area (Å²) in [6.07, 6.45) is 26.7. The summed E-state index contributed by atoms with van der Waals surface area (Å²) in [5, 5.41) is 14.0. The van der Waals surface area contributed by atoms with Gasteiger partial charge in [0.1, 0.15) is 11.5 Å². The number of hydrogen-bond donors (Lipinski definition) is 7. The lowest BCUT2D eigenvalue weighted by Gasteiger charge is -2.47. The number of aliphatic imine (C=N–C) groups is 2. The zero-order valence-corrected chi connectivity index (χ0v) is 58.3. The van der Waals surface area contributed by atoms with Gasteiger partial charge in [0, 0.05) is 87.0 Å². The molecule has 1 saturated carbocycles. The Kier molecular flexibility index (Phi) is 39.4. The lowest BCUT2D eigenvalue weighted by Crippen LogP contribution is -2.53. The molecular weight excluding hydrogens is 1100 g/mol. The van der Waals surface area contributed by atoms with Gasteiger partial charge in [0.25, 0.3) is 5.92 Å². The van der Waals surface area contributed by atoms with Gasteiger partial charge in [-0.05, 0) is 223 Å². The van der Waals surface area contributed by atoms with E-state index in [0.717, 1.165) is 138 Å². The van der Waals surface area contributed by atoms with Gasteiger partial charge in [-0.2, -0.15) is 0 Å². The van der Waals surface area contributed by atoms with E-state index in [1.165, 1.54) is 66.4 Å². The highest BCUT2D eigenvalue weighted by atomic mass is 19.3. The van der Waals surface area contributed by atoms with E-state index >= 15 is 0 Å². The second-order valence-electron chi connectivity index (χ2n) is 24.8. The van der Waals surface area contributed by atoms with Gasteiger partial charge in [0.05, 0.1) is 17.6 Å². The molecule has 3 atom stereocenters. The molecule has 4 saturated heterocycles. The van der Waals surface area contributed by atoms with Crippen LogP contribution in [0.3, 0.4) is 0 Å². The highest BCUT2D eigenvalue weighted by molar-refractivity contribution is 5.69. The minimum Gasteiger partial charge on any atom is -0.383 e. The first-order valence-electron chi connectivity index (χ1n) is 33.2. The molecule has 5 fully saturated rings. The predicted octanol–water partition coefficient (Wildman–Crippen LogP) is 15.3. The van der Waals surface area contributed by atoms with Gasteiger partial charge in [-0.25, -0.2) is 18.2 Å². The highest BCUT2D eigenvalue weighted by Crippen LogP contribution is 2.43. The molecule has 0 bridgehead atoms. The first kappa shape index (κ1) is 81.0. The molecule has 3 unspecified atom stereocenters. The molecule has 0 radical (unpaired) electrons. The molecule has 15 heteroatoms. The monoisotopic (exact) mass is 1230 g/mol. The number of benzene rings is 1. The number of halogens is 3. The third-order valence-corrected chi connectivity index (χ3v) is 17.2. The normalized spacial score (nSPS) is 21.6. The molecule has 0 aromatic heterocycles. The zero-order valence-electron chi connectivity index (χ0n) is 58.3. The lowest BCUT2D eigenvalue weighted by atomic mass is 9.77. The van der Waals surface area contributed by atoms with Crippen molar-refractivity contribution in [3.63, 3.8) is 0 Å². The van der Waals surface area contributed by atoms with Crippen molar-refractivity contribution < 1.29 is 13.2 Å². The number of hydrazine groups is 1. The van der Waals surface area contributed by atoms with Crippen molar-refractivity contribution in [3.8, 4) is 0 Å². The molecule has 1 aromatic rings. The van der Waals surface area contributed by atoms with E-state index in [0.29, 0.717) is 19.1 Å². The summed E-state index contributed by atoms with van der Waals surface area (Å²) in [6.45, 7) is 57.8. The molecule has 12 nitrogen and oxygen atoms in total. The third kappa shape index (κ3) is 28.0. The quantitative estimate of drug-likeness (QED) is 0.0232. The van der Waals surface area contributed by atoms with Gasteiger partial charge in [0.2, 0.25) is 0 Å². The Morgan fingerprint density at radius 2 is 1.43 bits per heavy atom. The van der Waals surface area contributed by atoms with Crippen LogP contribution in [0.1, 0.15) is 196 Å². The van der Waals surface area contributed by atoms with E-state index in [1.807, 2.05) is 53.2 Å². The molecule has 4 aliphatic heterocycles. The molecule has 2 aliphatic carbocycles. The number of alkyl halides is 3. The Hall–Kier alpha value is -5.03. The average molecular weight is 1230 g/mol. The van der Waals surface area contributed by atoms with E-state index in [1.54, 1.807) is 13.1 Å². The Balaban J connectivity index is 0.000000685. The number of aryl methyl sites for hydroxylation is 1. The minimum atomic E-state index is -2.56. The Morgan fingerprint density at radius 3 is 1.91 bits per heavy atom. The van der Waals surface area contributed by atoms with Crippen molar-refractivity contribution in [1.29, 1.82) is 0 Å². The average Bonchev–Trinajstić information content (AvgIpc) is 1.87. The van der Waals surface area contributed by atoms with E-state index in [-0.39, 0.29) is 30.3 Å². The molecular formula is C73H127F3N12. The number of likely N-dealkylation sites (tertiary alicyclic amines) is 3. The molecule has 8 N–H and O–H groups in total. The molecule has 7 rings (SSSR count). The number of hydrogen-bond acceptors (Lipinski definition) is 12. The largest absolute Gasteiger partial charge is 0.383 e. The number of unbranched alkanes of at least 4 members (excludes halogenated alkanes) is 1. The maximum absolute atomic E-state index is 14.0. The SMILES string of the molecule is C1CCNC1.C=CCCCN1CCC(N/C(N=C)=C2\C=C(CC)C(CC)=CC2(C)N2CCC(F)(F)CC2)CC1.C=CCCc1cc(/C(C)=C(\C)N=CC)ccc1CNC(=C)C1CCCN1C(=C)C(NC=C)C(C)(C)C.CC.CC1(F)CC1.CN.CNNC. The molecule has 0 amide bonds. The predicted molar refractivity (Wildman–Crippen MR) is 379 cm³/mol. The second kappa shape index (κ2) is 42.9. The van der Waals surface area contributed by atoms with Gasteiger partial charge in [-0.15, -0.1) is 13.2 Å². The van der Waals surface area contributed by atoms with Crippen LogP contribution in [-0.4, -0.2) is 136 Å². The fourth-order valence-electron chi connectivity index (χ4n) is 11.4. The summed E-state index contributed by atoms with van der Waals surface area (Å²) in [5.74, 6) is -1.76. The van der Waals surface area contributed by atoms with E-state index < -0.39 is 17.1 Å². The molecule has 6 aliphatic rings. The van der Waals surface area contributed by atoms with Crippen LogP contribution in [0.2, 0.25) is 0 Å². The smallest absolute Gasteiger partial charge is 0.250 e. The topological polar surface area (TPSA) is 133 Å². The maximum Gasteiger partial charge on any atom is 0.250 e. The summed E-state index contributed by atoms with van der Waals surface area (Å²) in [4.78, 5) is 16.1. The van der Waals surface area contributed by atoms with Gasteiger partial charge >= 0.3 is 0 Å². The molecule has 500 valence electrons. The number of nitrogens with zero attached hydrogens (tertiary/aromatic N) is 5. The van der Waals surface area contributed by atoms with Crippen molar-refractivity contribution in [2.75, 3.05) is 73.5 Å². The molecule has 0 spiro atoms. The van der Waals surface area contributed by atoms with E-state index in [9.17, 15) is 13.2 Å². The summed E-state index contributed by atoms with van der Waals surface area (Å²) < 4.78 is 39.7. The van der Waals surface area contributed by atoms with Gasteiger partial charge in [-0.3, -0.25) is 20.7 Å². The summed E-state index contributed by atoms with van der Waals surface area (Å²) >= 11 is 0. The van der Waals surface area contributed by atoms with Crippen LogP contribution >= 0.6 is 0 Å². The van der Waals surface area contributed by atoms with Crippen molar-refractivity contribution in [3.05, 3.63) is 138 Å². The highest BCUT2D eigenvalue weighted by Gasteiger charge is 2.44. The third-order valence-electron chi connectivity index (χ3n) is 17.2. The van der Waals surface area contributed by atoms with Crippen LogP contribution in [0.15, 0.2) is 131 Å². The van der Waals surface area contributed by atoms with Crippen LogP contribution in [0, 0.1) is 5.41 Å². The Labute approximate surface area is 536 Å². The van der Waals surface area contributed by atoms with Crippen LogP contribution in [0.5, 0.6) is 0 Å². The minimum absolute atomic E-state index is 0.0301. The number of allylic oxidation sites excluding steroid dienone is 6. The number of nitrogens with one attached hydrogen (secondary N) is 6. The molecule has 4 heterocycles. The van der Waals surface area contributed by atoms with Crippen molar-refractivity contribution in [2.24, 2.45) is 21.1 Å². The number of piperidine rings is 2.